The minimum atomic E-state index is -1.90. The van der Waals surface area contributed by atoms with Crippen LogP contribution in [0.2, 0.25) is 5.02 Å². The van der Waals surface area contributed by atoms with Crippen molar-refractivity contribution in [3.63, 3.8) is 0 Å². The number of hydrogen-bond acceptors (Lipinski definition) is 16. The Balaban J connectivity index is 1.18. The third kappa shape index (κ3) is 17.2. The van der Waals surface area contributed by atoms with Gasteiger partial charge in [0.15, 0.2) is 10.8 Å². The Hall–Kier alpha value is -7.23. The molecule has 0 radical (unpaired) electrons. The van der Waals surface area contributed by atoms with Crippen LogP contribution in [0.3, 0.4) is 0 Å². The van der Waals surface area contributed by atoms with Crippen LogP contribution in [0.15, 0.2) is 66.3 Å². The van der Waals surface area contributed by atoms with Gasteiger partial charge < -0.3 is 80.8 Å². The van der Waals surface area contributed by atoms with E-state index in [-0.39, 0.29) is 58.5 Å². The number of thiocarbonyl (C=S) groups is 1. The summed E-state index contributed by atoms with van der Waals surface area (Å²) in [6, 6.07) is 5.25. The molecule has 0 saturated carbocycles. The standard InChI is InChI=1S/C57H79ClN10O15S/c1-31(2)48(65-53(84)61-23-12-13-24-68-44(69)20-21-45(68)70)51(73)63-37(16-10-11-22-60-52(59)74)50(72)62-35-18-19-36(39(28-35)78-7)64-54(75)82-43-29-46(71)67(6)38-26-34(27-40(79-8)47(38)58)25-32(3)15-14-17-42(80-9)57(77)30-41(81-55(76)66-57)33(4)49-56(43,5)83-49/h14-15,17-21,26-28,31,33,37,41-44,48-49,69,77H,10-13,16,22-25,29-30H2,1-9H3,(H,62,72)(H,63,73)(H,64,75)(H,66,76)(H3,59,60,74)(H2,61,65,84)/b17-14+,32-15+/t33-,37+,41+,42-,43+,44?,48+,49+,56+,57+/m1/s1. The zero-order valence-electron chi connectivity index (χ0n) is 48.7. The van der Waals surface area contributed by atoms with E-state index in [4.69, 9.17) is 58.0 Å². The Morgan fingerprint density at radius 3 is 2.35 bits per heavy atom. The van der Waals surface area contributed by atoms with Crippen molar-refractivity contribution in [3.05, 3.63) is 76.9 Å². The molecule has 2 aromatic rings. The van der Waals surface area contributed by atoms with Gasteiger partial charge in [0, 0.05) is 64.0 Å². The zero-order valence-corrected chi connectivity index (χ0v) is 50.3. The van der Waals surface area contributed by atoms with E-state index < -0.39 is 102 Å². The number of alkyl carbamates (subject to hydrolysis) is 1. The number of amides is 8. The lowest BCUT2D eigenvalue weighted by Gasteiger charge is -2.42. The highest BCUT2D eigenvalue weighted by Gasteiger charge is 2.64. The van der Waals surface area contributed by atoms with Crippen molar-refractivity contribution in [1.29, 1.82) is 0 Å². The molecule has 6 rings (SSSR count). The van der Waals surface area contributed by atoms with E-state index in [0.717, 1.165) is 11.1 Å². The lowest BCUT2D eigenvalue weighted by atomic mass is 9.83. The number of allylic oxidation sites excluding steroid dienone is 3. The minimum Gasteiger partial charge on any atom is -0.495 e. The van der Waals surface area contributed by atoms with Crippen molar-refractivity contribution in [1.82, 2.24) is 31.5 Å². The summed E-state index contributed by atoms with van der Waals surface area (Å²) in [6.07, 6.45) is 3.10. The number of primary amides is 1. The molecule has 0 aliphatic carbocycles. The van der Waals surface area contributed by atoms with Gasteiger partial charge in [-0.15, -0.1) is 0 Å². The van der Waals surface area contributed by atoms with Crippen LogP contribution in [-0.2, 0) is 44.5 Å². The summed E-state index contributed by atoms with van der Waals surface area (Å²) < 4.78 is 35.1. The second kappa shape index (κ2) is 29.5. The number of ether oxygens (including phenoxy) is 6. The monoisotopic (exact) mass is 1210 g/mol. The topological polar surface area (TPSA) is 335 Å². The molecule has 1 unspecified atom stereocenters. The Morgan fingerprint density at radius 2 is 1.68 bits per heavy atom. The van der Waals surface area contributed by atoms with Crippen LogP contribution in [0.5, 0.6) is 11.5 Å². The minimum absolute atomic E-state index is 0.0850. The Labute approximate surface area is 499 Å². The summed E-state index contributed by atoms with van der Waals surface area (Å²) in [6.45, 7) is 9.95. The van der Waals surface area contributed by atoms with Crippen LogP contribution < -0.4 is 57.3 Å². The number of unbranched alkanes of at least 4 members (excludes halogenated alkanes) is 2. The predicted molar refractivity (Wildman–Crippen MR) is 316 cm³/mol. The first-order valence-electron chi connectivity index (χ1n) is 27.7. The van der Waals surface area contributed by atoms with E-state index in [9.17, 15) is 43.8 Å². The van der Waals surface area contributed by atoms with Gasteiger partial charge in [-0.2, -0.15) is 0 Å². The average molecular weight is 1210 g/mol. The van der Waals surface area contributed by atoms with Gasteiger partial charge in [-0.05, 0) is 106 Å². The van der Waals surface area contributed by atoms with Crippen molar-refractivity contribution in [2.24, 2.45) is 17.6 Å². The maximum atomic E-state index is 14.5. The molecule has 27 heteroatoms. The number of nitrogens with one attached hydrogen (secondary N) is 7. The van der Waals surface area contributed by atoms with Gasteiger partial charge >= 0.3 is 18.2 Å². The third-order valence-electron chi connectivity index (χ3n) is 15.1. The number of rotatable bonds is 21. The van der Waals surface area contributed by atoms with Crippen molar-refractivity contribution >= 4 is 87.8 Å². The van der Waals surface area contributed by atoms with Crippen LogP contribution in [0.25, 0.3) is 0 Å². The number of epoxide rings is 1. The summed E-state index contributed by atoms with van der Waals surface area (Å²) in [5.41, 5.74) is 4.28. The number of aliphatic hydroxyl groups is 2. The third-order valence-corrected chi connectivity index (χ3v) is 15.8. The number of halogens is 1. The van der Waals surface area contributed by atoms with E-state index in [2.05, 4.69) is 37.2 Å². The highest BCUT2D eigenvalue weighted by molar-refractivity contribution is 7.80. The molecule has 8 amide bonds. The number of nitrogens with zero attached hydrogens (tertiary/aromatic N) is 2. The van der Waals surface area contributed by atoms with Gasteiger partial charge in [0.25, 0.3) is 0 Å². The summed E-state index contributed by atoms with van der Waals surface area (Å²) in [4.78, 5) is 95.8. The summed E-state index contributed by atoms with van der Waals surface area (Å²) >= 11 is 12.4. The van der Waals surface area contributed by atoms with Crippen LogP contribution >= 0.6 is 23.8 Å². The normalized spacial score (nSPS) is 25.8. The highest BCUT2D eigenvalue weighted by atomic mass is 35.5. The summed E-state index contributed by atoms with van der Waals surface area (Å²) in [7, 11) is 5.75. The van der Waals surface area contributed by atoms with Crippen molar-refractivity contribution in [2.45, 2.75) is 140 Å². The van der Waals surface area contributed by atoms with Gasteiger partial charge in [-0.1, -0.05) is 56.2 Å². The fraction of sp³-hybridized carbons (Fsp3) is 0.544. The first-order valence-corrected chi connectivity index (χ1v) is 28.5. The van der Waals surface area contributed by atoms with Gasteiger partial charge in [-0.3, -0.25) is 29.8 Å². The number of aliphatic hydroxyl groups excluding tert-OH is 1. The maximum Gasteiger partial charge on any atom is 0.412 e. The largest absolute Gasteiger partial charge is 0.495 e. The molecule has 4 aliphatic rings. The number of nitrogens with two attached hydrogens (primary N) is 1. The SMILES string of the molecule is COc1cc(NC(=O)[C@H](CCCCNC(N)=O)NC(=O)[C@@H](NC(=S)NCCCCN2C(=O)C=CC2O)C(C)C)ccc1NC(=O)O[C@H]1CC(=O)N(C)c2cc(cc(OC)c2Cl)C/C(C)=C/C=C/[C@@H](OC)[C@@]2(O)C[C@H](OC(=O)N2)[C@@H](C)[C@@H]2O[C@@]12C. The lowest BCUT2D eigenvalue weighted by Crippen LogP contribution is -2.63. The number of benzene rings is 2. The second-order valence-corrected chi connectivity index (χ2v) is 22.5. The van der Waals surface area contributed by atoms with Gasteiger partial charge in [0.1, 0.15) is 58.7 Å². The molecule has 4 aliphatic heterocycles. The molecule has 2 aromatic carbocycles. The van der Waals surface area contributed by atoms with E-state index in [1.165, 1.54) is 68.5 Å². The summed E-state index contributed by atoms with van der Waals surface area (Å²) in [5.74, 6) is -2.40. The molecule has 2 fully saturated rings. The van der Waals surface area contributed by atoms with Crippen LogP contribution in [-0.4, -0.2) is 164 Å². The molecule has 0 aromatic heterocycles. The second-order valence-electron chi connectivity index (χ2n) is 21.7. The van der Waals surface area contributed by atoms with Crippen molar-refractivity contribution in [3.8, 4) is 11.5 Å². The Morgan fingerprint density at radius 1 is 0.964 bits per heavy atom. The maximum absolute atomic E-state index is 14.5. The Kier molecular flexibility index (Phi) is 23.2. The molecular formula is C57H79ClN10O15S. The first kappa shape index (κ1) is 65.9. The predicted octanol–water partition coefficient (Wildman–Crippen LogP) is 4.63. The smallest absolute Gasteiger partial charge is 0.412 e. The molecule has 25 nitrogen and oxygen atoms in total. The Bertz CT molecular complexity index is 2860. The van der Waals surface area contributed by atoms with Crippen molar-refractivity contribution < 1.29 is 72.2 Å². The van der Waals surface area contributed by atoms with Gasteiger partial charge in [-0.25, -0.2) is 14.4 Å². The number of anilines is 3. The molecule has 4 heterocycles. The van der Waals surface area contributed by atoms with E-state index in [1.807, 2.05) is 26.8 Å². The van der Waals surface area contributed by atoms with Crippen LogP contribution in [0.1, 0.15) is 85.1 Å². The fourth-order valence-corrected chi connectivity index (χ4v) is 10.8. The average Bonchev–Trinajstić information content (AvgIpc) is 1.71. The molecular weight excluding hydrogens is 1130 g/mol. The van der Waals surface area contributed by atoms with Crippen LogP contribution in [0, 0.1) is 11.8 Å². The molecule has 4 bridgehead atoms. The van der Waals surface area contributed by atoms with E-state index in [0.29, 0.717) is 56.6 Å². The zero-order chi connectivity index (χ0) is 61.6. The molecule has 11 N–H and O–H groups in total. The van der Waals surface area contributed by atoms with E-state index >= 15 is 0 Å². The molecule has 84 heavy (non-hydrogen) atoms. The number of fused-ring (bicyclic) bond motifs is 5. The van der Waals surface area contributed by atoms with Gasteiger partial charge in [0.05, 0.1) is 38.1 Å². The number of hydrogen-bond donors (Lipinski definition) is 10. The number of urea groups is 1. The number of methoxy groups -OCH3 is 3. The van der Waals surface area contributed by atoms with Crippen molar-refractivity contribution in [2.75, 3.05) is 63.5 Å². The highest BCUT2D eigenvalue weighted by Crippen LogP contribution is 2.49. The summed E-state index contributed by atoms with van der Waals surface area (Å²) in [5, 5.41) is 41.7. The molecule has 10 atom stereocenters. The molecule has 0 spiro atoms. The number of carbonyl (C=O) groups is 7. The quantitative estimate of drug-likeness (QED) is 0.0463. The lowest BCUT2D eigenvalue weighted by molar-refractivity contribution is -0.142. The molecule has 2 saturated heterocycles. The number of carbonyl (C=O) groups excluding carboxylic acids is 7. The van der Waals surface area contributed by atoms with Crippen LogP contribution in [0.4, 0.5) is 31.4 Å². The fourth-order valence-electron chi connectivity index (χ4n) is 10.3. The molecule has 460 valence electrons. The first-order chi connectivity index (χ1) is 39.8. The van der Waals surface area contributed by atoms with E-state index in [1.54, 1.807) is 38.1 Å². The van der Waals surface area contributed by atoms with Gasteiger partial charge in [0.2, 0.25) is 23.6 Å².